The SMILES string of the molecule is CCC(C)c1cccc2[cH-]c(C3CCC(C)CC3)cc12.C[Si]C.Cc1cc2c(-c3ccc(C(C)C)cc3)cccc2[cH-]1.[Cl][Zr+2][Cl]. The number of aryl methyl sites for hydroxylation is 1. The van der Waals surface area contributed by atoms with Gasteiger partial charge < -0.3 is 0 Å². The molecule has 0 spiro atoms. The van der Waals surface area contributed by atoms with Crippen LogP contribution >= 0.6 is 17.0 Å². The van der Waals surface area contributed by atoms with E-state index in [1.165, 1.54) is 75.9 Å². The summed E-state index contributed by atoms with van der Waals surface area (Å²) in [6.45, 7) is 18.0. The first kappa shape index (κ1) is 38.0. The Morgan fingerprint density at radius 1 is 0.822 bits per heavy atom. The van der Waals surface area contributed by atoms with Crippen LogP contribution in [0, 0.1) is 12.8 Å². The molecule has 0 aliphatic heterocycles. The van der Waals surface area contributed by atoms with Gasteiger partial charge in [0.1, 0.15) is 0 Å². The predicted molar refractivity (Wildman–Crippen MR) is 202 cm³/mol. The van der Waals surface area contributed by atoms with Gasteiger partial charge in [-0.15, -0.1) is 69.1 Å². The quantitative estimate of drug-likeness (QED) is 0.125. The molecule has 0 aromatic heterocycles. The molecule has 1 aliphatic rings. The number of hydrogen-bond donors (Lipinski definition) is 0. The summed E-state index contributed by atoms with van der Waals surface area (Å²) in [6, 6.07) is 31.9. The molecule has 5 aromatic carbocycles. The number of halogens is 2. The zero-order valence-electron chi connectivity index (χ0n) is 28.7. The molecule has 1 aliphatic carbocycles. The molecule has 45 heavy (non-hydrogen) atoms. The maximum absolute atomic E-state index is 4.93. The van der Waals surface area contributed by atoms with E-state index in [-0.39, 0.29) is 0 Å². The minimum atomic E-state index is -0.826. The van der Waals surface area contributed by atoms with Crippen LogP contribution in [0.2, 0.25) is 13.1 Å². The molecule has 1 atom stereocenters. The van der Waals surface area contributed by atoms with E-state index in [1.54, 1.807) is 11.1 Å². The van der Waals surface area contributed by atoms with Crippen LogP contribution in [0.25, 0.3) is 32.7 Å². The molecular weight excluding hydrogens is 683 g/mol. The second-order valence-corrected chi connectivity index (χ2v) is 17.8. The van der Waals surface area contributed by atoms with Crippen LogP contribution in [0.15, 0.2) is 84.9 Å². The van der Waals surface area contributed by atoms with Gasteiger partial charge in [-0.2, -0.15) is 12.1 Å². The minimum absolute atomic E-state index is 0.589. The monoisotopic (exact) mass is 732 g/mol. The van der Waals surface area contributed by atoms with Crippen molar-refractivity contribution in [3.05, 3.63) is 107 Å². The van der Waals surface area contributed by atoms with Gasteiger partial charge in [-0.25, -0.2) is 0 Å². The Kier molecular flexibility index (Phi) is 16.4. The molecule has 1 unspecified atom stereocenters. The molecular formula is C41H52Cl2SiZr. The fourth-order valence-electron chi connectivity index (χ4n) is 6.44. The third kappa shape index (κ3) is 10.8. The van der Waals surface area contributed by atoms with E-state index in [9.17, 15) is 0 Å². The molecule has 6 rings (SSSR count). The summed E-state index contributed by atoms with van der Waals surface area (Å²) in [5, 5.41) is 5.66. The molecule has 0 N–H and O–H groups in total. The molecule has 0 saturated heterocycles. The van der Waals surface area contributed by atoms with Crippen molar-refractivity contribution in [2.24, 2.45) is 5.92 Å². The summed E-state index contributed by atoms with van der Waals surface area (Å²) in [7, 11) is 11.0. The third-order valence-corrected chi connectivity index (χ3v) is 9.22. The second kappa shape index (κ2) is 19.4. The van der Waals surface area contributed by atoms with E-state index >= 15 is 0 Å². The Morgan fingerprint density at radius 2 is 1.40 bits per heavy atom. The number of fused-ring (bicyclic) bond motifs is 2. The molecule has 0 bridgehead atoms. The van der Waals surface area contributed by atoms with Crippen LogP contribution < -0.4 is 0 Å². The molecule has 5 aromatic rings. The van der Waals surface area contributed by atoms with Gasteiger partial charge in [-0.3, -0.25) is 0 Å². The van der Waals surface area contributed by atoms with Gasteiger partial charge in [-0.1, -0.05) is 121 Å². The molecule has 1 saturated carbocycles. The van der Waals surface area contributed by atoms with Crippen molar-refractivity contribution in [2.75, 3.05) is 0 Å². The van der Waals surface area contributed by atoms with Crippen LogP contribution in [0.4, 0.5) is 0 Å². The standard InChI is InChI=1S/C20H27.C19H19.C2H6Si.2ClH.Zr/c1-4-15(3)19-7-5-6-17-12-18(13-20(17)19)16-10-8-14(2)9-11-16;1-13(2)15-7-9-16(10-8-15)18-6-4-5-17-11-14(3)12-19(17)18;1-3-2;;;/h5-7,12-16H,4,8-11H2,1-3H3;4-13H,1-3H3;1-2H3;2*1H;/q2*-1;;;;+4/p-2. The van der Waals surface area contributed by atoms with Crippen LogP contribution in [0.1, 0.15) is 107 Å². The molecule has 0 heterocycles. The Bertz CT molecular complexity index is 1550. The molecule has 1 fully saturated rings. The Morgan fingerprint density at radius 3 is 1.98 bits per heavy atom. The summed E-state index contributed by atoms with van der Waals surface area (Å²) >= 11 is -0.826. The fourth-order valence-corrected chi connectivity index (χ4v) is 6.44. The predicted octanol–water partition coefficient (Wildman–Crippen LogP) is 14.2. The first-order valence-corrected chi connectivity index (χ1v) is 25.0. The van der Waals surface area contributed by atoms with E-state index in [0.29, 0.717) is 11.8 Å². The summed E-state index contributed by atoms with van der Waals surface area (Å²) in [5.41, 5.74) is 8.51. The summed E-state index contributed by atoms with van der Waals surface area (Å²) in [4.78, 5) is 0. The normalized spacial score (nSPS) is 16.5. The van der Waals surface area contributed by atoms with Crippen LogP contribution in [0.5, 0.6) is 0 Å². The molecule has 2 radical (unpaired) electrons. The number of hydrogen-bond acceptors (Lipinski definition) is 0. The second-order valence-electron chi connectivity index (χ2n) is 13.1. The van der Waals surface area contributed by atoms with Crippen molar-refractivity contribution in [1.29, 1.82) is 0 Å². The molecule has 4 heteroatoms. The molecule has 0 amide bonds. The van der Waals surface area contributed by atoms with Crippen molar-refractivity contribution in [1.82, 2.24) is 0 Å². The van der Waals surface area contributed by atoms with Crippen molar-refractivity contribution in [2.45, 2.75) is 104 Å². The zero-order valence-corrected chi connectivity index (χ0v) is 33.7. The third-order valence-electron chi connectivity index (χ3n) is 9.22. The summed E-state index contributed by atoms with van der Waals surface area (Å²) < 4.78 is 0. The van der Waals surface area contributed by atoms with Gasteiger partial charge in [0.25, 0.3) is 0 Å². The Balaban J connectivity index is 0.000000209. The van der Waals surface area contributed by atoms with E-state index in [2.05, 4.69) is 140 Å². The average Bonchev–Trinajstić information content (AvgIpc) is 3.65. The van der Waals surface area contributed by atoms with Gasteiger partial charge in [0.2, 0.25) is 0 Å². The van der Waals surface area contributed by atoms with Crippen LogP contribution in [0.3, 0.4) is 0 Å². The van der Waals surface area contributed by atoms with Gasteiger partial charge in [-0.05, 0) is 47.6 Å². The summed E-state index contributed by atoms with van der Waals surface area (Å²) in [6.07, 6.45) is 6.81. The average molecular weight is 735 g/mol. The van der Waals surface area contributed by atoms with E-state index in [4.69, 9.17) is 17.0 Å². The summed E-state index contributed by atoms with van der Waals surface area (Å²) in [5.74, 6) is 3.00. The molecule has 238 valence electrons. The van der Waals surface area contributed by atoms with Gasteiger partial charge in [0.15, 0.2) is 0 Å². The van der Waals surface area contributed by atoms with E-state index in [1.807, 2.05) is 0 Å². The number of benzene rings is 3. The fraction of sp³-hybridized carbons (Fsp3) is 0.415. The van der Waals surface area contributed by atoms with Crippen molar-refractivity contribution in [3.8, 4) is 11.1 Å². The van der Waals surface area contributed by atoms with Crippen molar-refractivity contribution >= 4 is 48.1 Å². The van der Waals surface area contributed by atoms with Gasteiger partial charge >= 0.3 is 37.9 Å². The first-order valence-electron chi connectivity index (χ1n) is 16.7. The van der Waals surface area contributed by atoms with Gasteiger partial charge in [0, 0.05) is 9.52 Å². The topological polar surface area (TPSA) is 0 Å². The van der Waals surface area contributed by atoms with E-state index < -0.39 is 20.8 Å². The van der Waals surface area contributed by atoms with Crippen molar-refractivity contribution < 1.29 is 20.8 Å². The zero-order chi connectivity index (χ0) is 32.9. The first-order chi connectivity index (χ1) is 21.7. The Labute approximate surface area is 295 Å². The Hall–Kier alpha value is -1.44. The molecule has 0 nitrogen and oxygen atoms in total. The maximum atomic E-state index is 4.93. The van der Waals surface area contributed by atoms with Crippen LogP contribution in [-0.2, 0) is 20.8 Å². The van der Waals surface area contributed by atoms with Crippen LogP contribution in [-0.4, -0.2) is 9.52 Å². The van der Waals surface area contributed by atoms with E-state index in [0.717, 1.165) is 21.4 Å². The number of rotatable bonds is 5. The van der Waals surface area contributed by atoms with Crippen molar-refractivity contribution in [3.63, 3.8) is 0 Å². The van der Waals surface area contributed by atoms with Gasteiger partial charge in [0.05, 0.1) is 0 Å².